The van der Waals surface area contributed by atoms with Gasteiger partial charge in [-0.25, -0.2) is 4.98 Å². The number of halogens is 3. The maximum atomic E-state index is 13.6. The number of carbonyl (C=O) groups excluding carboxylic acids is 1. The van der Waals surface area contributed by atoms with Gasteiger partial charge in [0.05, 0.1) is 28.2 Å². The monoisotopic (exact) mass is 479 g/mol. The molecule has 1 amide bonds. The third-order valence-electron chi connectivity index (χ3n) is 6.11. The molecule has 0 aliphatic heterocycles. The first-order valence-corrected chi connectivity index (χ1v) is 11.0. The number of nitrogens with zero attached hydrogens (tertiary/aromatic N) is 3. The normalized spacial score (nSPS) is 12.5. The number of benzene rings is 3. The Labute approximate surface area is 200 Å². The predicted molar refractivity (Wildman–Crippen MR) is 129 cm³/mol. The summed E-state index contributed by atoms with van der Waals surface area (Å²) < 4.78 is 41.0. The highest BCUT2D eigenvalue weighted by atomic mass is 19.4. The van der Waals surface area contributed by atoms with E-state index in [4.69, 9.17) is 4.98 Å². The van der Waals surface area contributed by atoms with E-state index in [0.717, 1.165) is 23.3 Å². The van der Waals surface area contributed by atoms with Crippen LogP contribution in [0.2, 0.25) is 0 Å². The van der Waals surface area contributed by atoms with Crippen molar-refractivity contribution in [3.8, 4) is 5.69 Å². The average Bonchev–Trinajstić information content (AvgIpc) is 2.83. The van der Waals surface area contributed by atoms with E-state index in [1.807, 2.05) is 32.0 Å². The lowest BCUT2D eigenvalue weighted by Gasteiger charge is -2.27. The molecule has 0 saturated carbocycles. The third kappa shape index (κ3) is 4.56. The highest BCUT2D eigenvalue weighted by molar-refractivity contribution is 5.94. The van der Waals surface area contributed by atoms with Gasteiger partial charge in [-0.15, -0.1) is 0 Å². The Kier molecular flexibility index (Phi) is 6.23. The van der Waals surface area contributed by atoms with Crippen molar-refractivity contribution in [3.05, 3.63) is 105 Å². The fourth-order valence-electron chi connectivity index (χ4n) is 4.10. The Morgan fingerprint density at radius 1 is 1.00 bits per heavy atom. The molecule has 0 bridgehead atoms. The van der Waals surface area contributed by atoms with Crippen molar-refractivity contribution in [1.82, 2.24) is 14.5 Å². The standard InChI is InChI=1S/C27H24F3N3O2/c1-16-12-13-23(17(2)14-16)33-24(31-22-11-6-5-10-21(22)26(33)35)18(3)32(4)25(34)19-8-7-9-20(15-19)27(28,29)30/h5-15,18H,1-4H3. The Balaban J connectivity index is 1.86. The number of amides is 1. The van der Waals surface area contributed by atoms with Gasteiger partial charge in [-0.3, -0.25) is 14.2 Å². The molecule has 8 heteroatoms. The molecule has 5 nitrogen and oxygen atoms in total. The van der Waals surface area contributed by atoms with Crippen molar-refractivity contribution in [3.63, 3.8) is 0 Å². The van der Waals surface area contributed by atoms with Gasteiger partial charge in [-0.1, -0.05) is 35.9 Å². The zero-order chi connectivity index (χ0) is 25.5. The van der Waals surface area contributed by atoms with E-state index in [-0.39, 0.29) is 11.1 Å². The Morgan fingerprint density at radius 2 is 1.71 bits per heavy atom. The molecule has 0 fully saturated rings. The summed E-state index contributed by atoms with van der Waals surface area (Å²) in [7, 11) is 1.49. The predicted octanol–water partition coefficient (Wildman–Crippen LogP) is 5.85. The zero-order valence-corrected chi connectivity index (χ0v) is 19.7. The SMILES string of the molecule is Cc1ccc(-n2c(C(C)N(C)C(=O)c3cccc(C(F)(F)F)c3)nc3ccccc3c2=O)c(C)c1. The van der Waals surface area contributed by atoms with Crippen molar-refractivity contribution in [1.29, 1.82) is 0 Å². The highest BCUT2D eigenvalue weighted by Crippen LogP contribution is 2.30. The summed E-state index contributed by atoms with van der Waals surface area (Å²) in [5.74, 6) is -0.304. The van der Waals surface area contributed by atoms with Crippen LogP contribution < -0.4 is 5.56 Å². The molecule has 4 aromatic rings. The molecule has 4 rings (SSSR count). The molecule has 0 radical (unpaired) electrons. The fourth-order valence-corrected chi connectivity index (χ4v) is 4.10. The van der Waals surface area contributed by atoms with Crippen molar-refractivity contribution in [2.45, 2.75) is 33.0 Å². The molecule has 1 heterocycles. The highest BCUT2D eigenvalue weighted by Gasteiger charge is 2.32. The van der Waals surface area contributed by atoms with E-state index >= 15 is 0 Å². The first kappa shape index (κ1) is 24.2. The molecular formula is C27H24F3N3O2. The van der Waals surface area contributed by atoms with Gasteiger partial charge in [-0.2, -0.15) is 13.2 Å². The van der Waals surface area contributed by atoms with Gasteiger partial charge in [0.2, 0.25) is 0 Å². The van der Waals surface area contributed by atoms with E-state index in [0.29, 0.717) is 22.4 Å². The van der Waals surface area contributed by atoms with Crippen LogP contribution in [0.4, 0.5) is 13.2 Å². The zero-order valence-electron chi connectivity index (χ0n) is 19.7. The van der Waals surface area contributed by atoms with Crippen LogP contribution in [0.1, 0.15) is 45.8 Å². The number of aryl methyl sites for hydroxylation is 2. The lowest BCUT2D eigenvalue weighted by atomic mass is 10.1. The van der Waals surface area contributed by atoms with E-state index < -0.39 is 23.7 Å². The number of para-hydroxylation sites is 1. The van der Waals surface area contributed by atoms with Crippen LogP contribution in [0.25, 0.3) is 16.6 Å². The second-order valence-electron chi connectivity index (χ2n) is 8.59. The molecule has 1 atom stereocenters. The minimum atomic E-state index is -4.57. The van der Waals surface area contributed by atoms with Crippen molar-refractivity contribution in [2.24, 2.45) is 0 Å². The Morgan fingerprint density at radius 3 is 2.40 bits per heavy atom. The maximum Gasteiger partial charge on any atom is 0.416 e. The van der Waals surface area contributed by atoms with Crippen LogP contribution >= 0.6 is 0 Å². The number of fused-ring (bicyclic) bond motifs is 1. The molecule has 0 aliphatic rings. The summed E-state index contributed by atoms with van der Waals surface area (Å²) in [6, 6.07) is 16.2. The Bertz CT molecular complexity index is 1490. The van der Waals surface area contributed by atoms with E-state index in [9.17, 15) is 22.8 Å². The topological polar surface area (TPSA) is 55.2 Å². The van der Waals surface area contributed by atoms with Crippen LogP contribution in [0.15, 0.2) is 71.5 Å². The van der Waals surface area contributed by atoms with Crippen molar-refractivity contribution in [2.75, 3.05) is 7.05 Å². The molecule has 0 aliphatic carbocycles. The summed E-state index contributed by atoms with van der Waals surface area (Å²) in [6.07, 6.45) is -4.57. The van der Waals surface area contributed by atoms with Crippen LogP contribution in [-0.4, -0.2) is 27.4 Å². The number of aromatic nitrogens is 2. The fraction of sp³-hybridized carbons (Fsp3) is 0.222. The van der Waals surface area contributed by atoms with Crippen LogP contribution in [0.5, 0.6) is 0 Å². The molecule has 0 saturated heterocycles. The third-order valence-corrected chi connectivity index (χ3v) is 6.11. The van der Waals surface area contributed by atoms with Gasteiger partial charge in [0.15, 0.2) is 0 Å². The second-order valence-corrected chi connectivity index (χ2v) is 8.59. The van der Waals surface area contributed by atoms with Crippen LogP contribution in [0.3, 0.4) is 0 Å². The number of alkyl halides is 3. The van der Waals surface area contributed by atoms with E-state index in [2.05, 4.69) is 0 Å². The largest absolute Gasteiger partial charge is 0.416 e. The van der Waals surface area contributed by atoms with Gasteiger partial charge in [0.25, 0.3) is 11.5 Å². The lowest BCUT2D eigenvalue weighted by Crippen LogP contribution is -2.35. The minimum absolute atomic E-state index is 0.102. The molecule has 3 aromatic carbocycles. The number of hydrogen-bond acceptors (Lipinski definition) is 3. The number of hydrogen-bond donors (Lipinski definition) is 0. The molecular weight excluding hydrogens is 455 g/mol. The minimum Gasteiger partial charge on any atom is -0.332 e. The number of rotatable bonds is 4. The average molecular weight is 480 g/mol. The smallest absolute Gasteiger partial charge is 0.332 e. The second kappa shape index (κ2) is 9.02. The van der Waals surface area contributed by atoms with Crippen LogP contribution in [-0.2, 0) is 6.18 Å². The first-order valence-electron chi connectivity index (χ1n) is 11.0. The van der Waals surface area contributed by atoms with Crippen molar-refractivity contribution >= 4 is 16.8 Å². The van der Waals surface area contributed by atoms with Crippen molar-refractivity contribution < 1.29 is 18.0 Å². The first-order chi connectivity index (χ1) is 16.5. The van der Waals surface area contributed by atoms with Gasteiger partial charge in [-0.05, 0) is 62.7 Å². The van der Waals surface area contributed by atoms with Gasteiger partial charge >= 0.3 is 6.18 Å². The summed E-state index contributed by atoms with van der Waals surface area (Å²) in [5.41, 5.74) is 1.69. The molecule has 0 N–H and O–H groups in total. The lowest BCUT2D eigenvalue weighted by molar-refractivity contribution is -0.137. The molecule has 35 heavy (non-hydrogen) atoms. The summed E-state index contributed by atoms with van der Waals surface area (Å²) in [5, 5.41) is 0.426. The maximum absolute atomic E-state index is 13.6. The van der Waals surface area contributed by atoms with Gasteiger partial charge < -0.3 is 4.90 Å². The van der Waals surface area contributed by atoms with Gasteiger partial charge in [0, 0.05) is 12.6 Å². The molecule has 0 spiro atoms. The van der Waals surface area contributed by atoms with E-state index in [1.165, 1.54) is 28.6 Å². The van der Waals surface area contributed by atoms with Gasteiger partial charge in [0.1, 0.15) is 5.82 Å². The molecule has 1 aromatic heterocycles. The quantitative estimate of drug-likeness (QED) is 0.369. The molecule has 1 unspecified atom stereocenters. The van der Waals surface area contributed by atoms with Crippen LogP contribution in [0, 0.1) is 13.8 Å². The van der Waals surface area contributed by atoms with E-state index in [1.54, 1.807) is 31.2 Å². The molecule has 180 valence electrons. The number of carbonyl (C=O) groups is 1. The summed E-state index contributed by atoms with van der Waals surface area (Å²) in [6.45, 7) is 5.53. The summed E-state index contributed by atoms with van der Waals surface area (Å²) in [4.78, 5) is 32.8. The summed E-state index contributed by atoms with van der Waals surface area (Å²) >= 11 is 0. The Hall–Kier alpha value is -3.94.